The van der Waals surface area contributed by atoms with E-state index >= 15 is 0 Å². The summed E-state index contributed by atoms with van der Waals surface area (Å²) < 4.78 is 92.0. The van der Waals surface area contributed by atoms with Crippen molar-refractivity contribution in [2.24, 2.45) is 0 Å². The van der Waals surface area contributed by atoms with E-state index in [0.29, 0.717) is 10.9 Å². The molecule has 1 unspecified atom stereocenters. The monoisotopic (exact) mass is 479 g/mol. The van der Waals surface area contributed by atoms with Crippen LogP contribution in [0.5, 0.6) is 0 Å². The standard InChI is InChI=1S/C16H16F3N5O5S2/c1-4-9(2)30(26,27)15-12(7-20)14(16(17,18)19)22-24(15)13-6-5-11(8-21-13)31(28,29)23-10(3)25/h5-6,8-9H,4H2,1-3H3,(H,23,25). The number of nitriles is 1. The van der Waals surface area contributed by atoms with E-state index in [0.717, 1.165) is 19.1 Å². The van der Waals surface area contributed by atoms with Crippen LogP contribution in [0.2, 0.25) is 0 Å². The van der Waals surface area contributed by atoms with E-state index in [1.807, 2.05) is 0 Å². The van der Waals surface area contributed by atoms with Gasteiger partial charge in [0.15, 0.2) is 26.4 Å². The lowest BCUT2D eigenvalue weighted by atomic mass is 10.2. The van der Waals surface area contributed by atoms with E-state index < -0.39 is 64.2 Å². The normalized spacial score (nSPS) is 13.5. The third-order valence-corrected chi connectivity index (χ3v) is 7.85. The maximum absolute atomic E-state index is 13.4. The first-order valence-electron chi connectivity index (χ1n) is 8.50. The summed E-state index contributed by atoms with van der Waals surface area (Å²) in [5.74, 6) is -1.36. The number of amides is 1. The van der Waals surface area contributed by atoms with Crippen molar-refractivity contribution in [3.8, 4) is 11.9 Å². The van der Waals surface area contributed by atoms with Crippen LogP contribution >= 0.6 is 0 Å². The van der Waals surface area contributed by atoms with Gasteiger partial charge in [0.05, 0.1) is 5.25 Å². The molecule has 0 spiro atoms. The Hall–Kier alpha value is -2.99. The summed E-state index contributed by atoms with van der Waals surface area (Å²) in [5, 5.41) is 10.4. The summed E-state index contributed by atoms with van der Waals surface area (Å²) in [6.07, 6.45) is -4.38. The van der Waals surface area contributed by atoms with Gasteiger partial charge in [0.2, 0.25) is 5.91 Å². The number of carbonyl (C=O) groups excluding carboxylic acids is 1. The van der Waals surface area contributed by atoms with Crippen LogP contribution in [-0.2, 0) is 30.8 Å². The minimum Gasteiger partial charge on any atom is -0.274 e. The summed E-state index contributed by atoms with van der Waals surface area (Å²) in [6.45, 7) is 3.72. The molecule has 0 saturated carbocycles. The smallest absolute Gasteiger partial charge is 0.274 e. The molecule has 0 radical (unpaired) electrons. The second-order valence-electron chi connectivity index (χ2n) is 6.33. The maximum Gasteiger partial charge on any atom is 0.436 e. The summed E-state index contributed by atoms with van der Waals surface area (Å²) in [4.78, 5) is 14.2. The second kappa shape index (κ2) is 8.27. The molecule has 0 aliphatic heterocycles. The minimum absolute atomic E-state index is 0.0427. The number of rotatable bonds is 6. The highest BCUT2D eigenvalue weighted by molar-refractivity contribution is 7.92. The van der Waals surface area contributed by atoms with E-state index in [1.54, 1.807) is 4.72 Å². The number of aromatic nitrogens is 3. The molecule has 1 atom stereocenters. The van der Waals surface area contributed by atoms with Crippen LogP contribution in [-0.4, -0.2) is 42.8 Å². The van der Waals surface area contributed by atoms with Crippen molar-refractivity contribution in [3.63, 3.8) is 0 Å². The molecule has 168 valence electrons. The van der Waals surface area contributed by atoms with Crippen LogP contribution in [0.25, 0.3) is 5.82 Å². The zero-order chi connectivity index (χ0) is 23.8. The number of hydrogen-bond acceptors (Lipinski definition) is 8. The fourth-order valence-corrected chi connectivity index (χ4v) is 4.99. The van der Waals surface area contributed by atoms with E-state index in [4.69, 9.17) is 0 Å². The van der Waals surface area contributed by atoms with Crippen LogP contribution < -0.4 is 4.72 Å². The highest BCUT2D eigenvalue weighted by Crippen LogP contribution is 2.36. The van der Waals surface area contributed by atoms with Gasteiger partial charge in [-0.1, -0.05) is 6.92 Å². The Morgan fingerprint density at radius 3 is 2.32 bits per heavy atom. The van der Waals surface area contributed by atoms with Crippen molar-refractivity contribution in [2.75, 3.05) is 0 Å². The van der Waals surface area contributed by atoms with Gasteiger partial charge in [0.25, 0.3) is 10.0 Å². The first-order valence-corrected chi connectivity index (χ1v) is 11.5. The number of nitrogens with one attached hydrogen (secondary N) is 1. The molecule has 0 fully saturated rings. The number of sulfone groups is 1. The second-order valence-corrected chi connectivity index (χ2v) is 10.3. The molecule has 10 nitrogen and oxygen atoms in total. The average molecular weight is 479 g/mol. The van der Waals surface area contributed by atoms with Crippen LogP contribution in [0.3, 0.4) is 0 Å². The zero-order valence-electron chi connectivity index (χ0n) is 16.3. The van der Waals surface area contributed by atoms with Crippen LogP contribution in [0.1, 0.15) is 38.4 Å². The minimum atomic E-state index is -5.13. The van der Waals surface area contributed by atoms with Gasteiger partial charge in [-0.3, -0.25) is 4.79 Å². The Morgan fingerprint density at radius 2 is 1.90 bits per heavy atom. The quantitative estimate of drug-likeness (QED) is 0.655. The SMILES string of the molecule is CCC(C)S(=O)(=O)c1c(C#N)c(C(F)(F)F)nn1-c1ccc(S(=O)(=O)NC(C)=O)cn1. The predicted molar refractivity (Wildman–Crippen MR) is 99.0 cm³/mol. The molecule has 2 aromatic heterocycles. The molecule has 2 rings (SSSR count). The largest absolute Gasteiger partial charge is 0.436 e. The van der Waals surface area contributed by atoms with Crippen molar-refractivity contribution >= 4 is 25.8 Å². The Bertz CT molecular complexity index is 1260. The lowest BCUT2D eigenvalue weighted by molar-refractivity contribution is -0.141. The van der Waals surface area contributed by atoms with E-state index in [1.165, 1.54) is 19.9 Å². The molecule has 0 aliphatic rings. The topological polar surface area (TPSA) is 152 Å². The number of pyridine rings is 1. The van der Waals surface area contributed by atoms with Crippen molar-refractivity contribution in [1.82, 2.24) is 19.5 Å². The maximum atomic E-state index is 13.4. The summed E-state index contributed by atoms with van der Waals surface area (Å²) >= 11 is 0. The molecule has 0 bridgehead atoms. The van der Waals surface area contributed by atoms with E-state index in [-0.39, 0.29) is 6.42 Å². The fraction of sp³-hybridized carbons (Fsp3) is 0.375. The Labute approximate surface area is 175 Å². The lowest BCUT2D eigenvalue weighted by Gasteiger charge is -2.13. The number of halogens is 3. The number of nitrogens with zero attached hydrogens (tertiary/aromatic N) is 4. The highest BCUT2D eigenvalue weighted by Gasteiger charge is 2.43. The van der Waals surface area contributed by atoms with Crippen molar-refractivity contribution in [2.45, 2.75) is 48.5 Å². The molecule has 0 aromatic carbocycles. The molecule has 1 N–H and O–H groups in total. The highest BCUT2D eigenvalue weighted by atomic mass is 32.2. The first-order chi connectivity index (χ1) is 14.2. The van der Waals surface area contributed by atoms with Gasteiger partial charge in [0.1, 0.15) is 16.5 Å². The Kier molecular flexibility index (Phi) is 6.48. The van der Waals surface area contributed by atoms with Gasteiger partial charge >= 0.3 is 6.18 Å². The first kappa shape index (κ1) is 24.3. The molecular weight excluding hydrogens is 463 g/mol. The number of hydrogen-bond donors (Lipinski definition) is 1. The summed E-state index contributed by atoms with van der Waals surface area (Å²) in [7, 11) is -8.73. The van der Waals surface area contributed by atoms with Gasteiger partial charge in [0, 0.05) is 13.1 Å². The van der Waals surface area contributed by atoms with Crippen LogP contribution in [0, 0.1) is 11.3 Å². The van der Waals surface area contributed by atoms with Gasteiger partial charge in [-0.15, -0.1) is 0 Å². The fourth-order valence-electron chi connectivity index (χ4n) is 2.43. The third kappa shape index (κ3) is 4.69. The molecular formula is C16H16F3N5O5S2. The average Bonchev–Trinajstić information content (AvgIpc) is 3.07. The number of carbonyl (C=O) groups is 1. The van der Waals surface area contributed by atoms with Crippen molar-refractivity contribution in [3.05, 3.63) is 29.6 Å². The number of sulfonamides is 1. The zero-order valence-corrected chi connectivity index (χ0v) is 17.9. The number of alkyl halides is 3. The van der Waals surface area contributed by atoms with Crippen molar-refractivity contribution < 1.29 is 34.8 Å². The predicted octanol–water partition coefficient (Wildman–Crippen LogP) is 1.55. The van der Waals surface area contributed by atoms with Gasteiger partial charge < -0.3 is 0 Å². The van der Waals surface area contributed by atoms with Gasteiger partial charge in [-0.05, 0) is 25.5 Å². The lowest BCUT2D eigenvalue weighted by Crippen LogP contribution is -2.28. The van der Waals surface area contributed by atoms with Crippen LogP contribution in [0.15, 0.2) is 28.3 Å². The Balaban J connectivity index is 2.79. The summed E-state index contributed by atoms with van der Waals surface area (Å²) in [5.41, 5.74) is -2.90. The molecule has 0 aliphatic carbocycles. The summed E-state index contributed by atoms with van der Waals surface area (Å²) in [6, 6.07) is 3.05. The molecule has 0 saturated heterocycles. The molecule has 2 aromatic rings. The van der Waals surface area contributed by atoms with E-state index in [2.05, 4.69) is 10.1 Å². The molecule has 1 amide bonds. The molecule has 2 heterocycles. The van der Waals surface area contributed by atoms with Gasteiger partial charge in [-0.25, -0.2) is 31.2 Å². The van der Waals surface area contributed by atoms with E-state index in [9.17, 15) is 40.1 Å². The van der Waals surface area contributed by atoms with Gasteiger partial charge in [-0.2, -0.15) is 23.5 Å². The third-order valence-electron chi connectivity index (χ3n) is 4.12. The van der Waals surface area contributed by atoms with Crippen molar-refractivity contribution in [1.29, 1.82) is 5.26 Å². The van der Waals surface area contributed by atoms with Crippen LogP contribution in [0.4, 0.5) is 13.2 Å². The Morgan fingerprint density at radius 1 is 1.29 bits per heavy atom. The molecule has 31 heavy (non-hydrogen) atoms. The molecule has 15 heteroatoms.